The minimum Gasteiger partial charge on any atom is -0.467 e. The van der Waals surface area contributed by atoms with Gasteiger partial charge in [0.15, 0.2) is 5.65 Å². The fourth-order valence-electron chi connectivity index (χ4n) is 4.67. The second-order valence-electron chi connectivity index (χ2n) is 9.50. The van der Waals surface area contributed by atoms with E-state index in [0.717, 1.165) is 28.0 Å². The summed E-state index contributed by atoms with van der Waals surface area (Å²) in [4.78, 5) is 36.0. The van der Waals surface area contributed by atoms with E-state index in [1.807, 2.05) is 53.2 Å². The Bertz CT molecular complexity index is 1620. The van der Waals surface area contributed by atoms with Gasteiger partial charge in [0.05, 0.1) is 43.7 Å². The molecule has 0 atom stereocenters. The molecule has 0 aliphatic carbocycles. The first-order chi connectivity index (χ1) is 19.6. The first-order valence-electron chi connectivity index (χ1n) is 13.1. The van der Waals surface area contributed by atoms with Crippen LogP contribution in [0.3, 0.4) is 0 Å². The number of fused-ring (bicyclic) bond motifs is 1. The Morgan fingerprint density at radius 2 is 1.88 bits per heavy atom. The fourth-order valence-corrected chi connectivity index (χ4v) is 4.67. The molecule has 40 heavy (non-hydrogen) atoms. The number of nitrogens with one attached hydrogen (secondary N) is 2. The first-order valence-corrected chi connectivity index (χ1v) is 13.1. The number of hydrogen-bond acceptors (Lipinski definition) is 7. The lowest BCUT2D eigenvalue weighted by Crippen LogP contribution is -2.40. The largest absolute Gasteiger partial charge is 0.467 e. The molecule has 0 bridgehead atoms. The van der Waals surface area contributed by atoms with E-state index >= 15 is 0 Å². The topological polar surface area (TPSA) is 114 Å². The number of aromatic nitrogens is 3. The van der Waals surface area contributed by atoms with Crippen LogP contribution in [0.15, 0.2) is 90.1 Å². The minimum atomic E-state index is -0.0809. The summed E-state index contributed by atoms with van der Waals surface area (Å²) < 4.78 is 12.6. The Morgan fingerprint density at radius 3 is 2.67 bits per heavy atom. The summed E-state index contributed by atoms with van der Waals surface area (Å²) in [6.07, 6.45) is 9.06. The van der Waals surface area contributed by atoms with Crippen LogP contribution in [0, 0.1) is 0 Å². The van der Waals surface area contributed by atoms with Crippen molar-refractivity contribution in [2.75, 3.05) is 31.6 Å². The highest BCUT2D eigenvalue weighted by Crippen LogP contribution is 2.28. The molecule has 4 aromatic heterocycles. The highest BCUT2D eigenvalue weighted by Gasteiger charge is 2.19. The van der Waals surface area contributed by atoms with Crippen molar-refractivity contribution in [1.82, 2.24) is 24.6 Å². The lowest BCUT2D eigenvalue weighted by Gasteiger charge is -2.26. The number of anilines is 2. The molecule has 2 amide bonds. The molecule has 0 saturated carbocycles. The zero-order valence-corrected chi connectivity index (χ0v) is 21.7. The second kappa shape index (κ2) is 11.4. The highest BCUT2D eigenvalue weighted by molar-refractivity contribution is 5.94. The summed E-state index contributed by atoms with van der Waals surface area (Å²) in [6, 6.07) is 17.1. The number of imidazole rings is 1. The molecule has 2 N–H and O–H groups in total. The third-order valence-corrected chi connectivity index (χ3v) is 6.72. The van der Waals surface area contributed by atoms with Gasteiger partial charge in [0.25, 0.3) is 5.91 Å². The number of furan rings is 1. The molecule has 0 unspecified atom stereocenters. The van der Waals surface area contributed by atoms with Crippen molar-refractivity contribution in [2.45, 2.75) is 13.0 Å². The van der Waals surface area contributed by atoms with Crippen LogP contribution in [0.25, 0.3) is 16.8 Å². The van der Waals surface area contributed by atoms with E-state index in [4.69, 9.17) is 9.15 Å². The van der Waals surface area contributed by atoms with Crippen molar-refractivity contribution in [3.8, 4) is 11.1 Å². The number of hydrogen-bond donors (Lipinski definition) is 2. The molecule has 6 rings (SSSR count). The maximum Gasteiger partial charge on any atom is 0.255 e. The molecule has 1 aliphatic heterocycles. The molecule has 5 heterocycles. The van der Waals surface area contributed by atoms with E-state index in [2.05, 4.69) is 20.6 Å². The number of carbonyl (C=O) groups is 2. The average molecular weight is 537 g/mol. The Balaban J connectivity index is 1.19. The summed E-state index contributed by atoms with van der Waals surface area (Å²) >= 11 is 0. The molecule has 0 radical (unpaired) electrons. The fraction of sp³-hybridized carbons (Fsp3) is 0.200. The quantitative estimate of drug-likeness (QED) is 0.307. The Kier molecular flexibility index (Phi) is 7.23. The third kappa shape index (κ3) is 5.71. The summed E-state index contributed by atoms with van der Waals surface area (Å²) in [6.45, 7) is 2.63. The maximum atomic E-state index is 12.8. The molecule has 202 valence electrons. The summed E-state index contributed by atoms with van der Waals surface area (Å²) in [5.41, 5.74) is 4.87. The predicted octanol–water partition coefficient (Wildman–Crippen LogP) is 4.06. The monoisotopic (exact) mass is 536 g/mol. The number of rotatable bonds is 8. The van der Waals surface area contributed by atoms with Gasteiger partial charge in [0.1, 0.15) is 11.6 Å². The van der Waals surface area contributed by atoms with Gasteiger partial charge in [0, 0.05) is 43.4 Å². The Hall–Kier alpha value is -4.96. The molecular formula is C30H28N6O4. The van der Waals surface area contributed by atoms with Gasteiger partial charge < -0.3 is 29.1 Å². The predicted molar refractivity (Wildman–Crippen MR) is 149 cm³/mol. The number of ether oxygens (including phenoxy) is 1. The van der Waals surface area contributed by atoms with E-state index < -0.39 is 0 Å². The van der Waals surface area contributed by atoms with Crippen LogP contribution in [0.4, 0.5) is 11.5 Å². The number of benzene rings is 1. The van der Waals surface area contributed by atoms with Gasteiger partial charge in [0.2, 0.25) is 5.91 Å². The average Bonchev–Trinajstić information content (AvgIpc) is 3.69. The molecule has 1 saturated heterocycles. The van der Waals surface area contributed by atoms with Crippen LogP contribution in [0.5, 0.6) is 0 Å². The van der Waals surface area contributed by atoms with Crippen LogP contribution in [0.1, 0.15) is 21.7 Å². The van der Waals surface area contributed by atoms with Gasteiger partial charge in [-0.05, 0) is 41.5 Å². The molecule has 1 aromatic carbocycles. The molecule has 10 nitrogen and oxygen atoms in total. The molecule has 10 heteroatoms. The zero-order valence-electron chi connectivity index (χ0n) is 21.7. The smallest absolute Gasteiger partial charge is 0.255 e. The van der Waals surface area contributed by atoms with Gasteiger partial charge >= 0.3 is 0 Å². The van der Waals surface area contributed by atoms with Crippen molar-refractivity contribution in [3.05, 3.63) is 103 Å². The van der Waals surface area contributed by atoms with E-state index in [9.17, 15) is 9.59 Å². The number of nitrogens with zero attached hydrogens (tertiary/aromatic N) is 4. The standard InChI is InChI=1S/C30H28N6O4/c37-28(33-19-25-5-2-12-40-25)16-21-3-1-4-22(15-21)24-17-26(29-31-8-9-36(29)20-24)34-27-7-6-23(18-32-27)30(38)35-10-13-39-14-11-35/h1-9,12,15,17-18,20H,10-11,13-14,16,19H2,(H,32,34)(H,33,37). The van der Waals surface area contributed by atoms with Crippen molar-refractivity contribution in [3.63, 3.8) is 0 Å². The van der Waals surface area contributed by atoms with E-state index in [-0.39, 0.29) is 18.2 Å². The highest BCUT2D eigenvalue weighted by atomic mass is 16.5. The van der Waals surface area contributed by atoms with Crippen LogP contribution >= 0.6 is 0 Å². The SMILES string of the molecule is O=C(Cc1cccc(-c2cc(Nc3ccc(C(=O)N4CCOCC4)cn3)c3nccn3c2)c1)NCc1ccco1. The molecular weight excluding hydrogens is 508 g/mol. The molecule has 0 spiro atoms. The normalized spacial score (nSPS) is 13.3. The molecule has 1 aliphatic rings. The summed E-state index contributed by atoms with van der Waals surface area (Å²) in [5, 5.41) is 6.24. The number of pyridine rings is 2. The molecule has 5 aromatic rings. The Labute approximate surface area is 230 Å². The third-order valence-electron chi connectivity index (χ3n) is 6.72. The Morgan fingerprint density at radius 1 is 0.975 bits per heavy atom. The summed E-state index contributed by atoms with van der Waals surface area (Å²) in [7, 11) is 0. The van der Waals surface area contributed by atoms with Crippen LogP contribution in [-0.2, 0) is 22.5 Å². The second-order valence-corrected chi connectivity index (χ2v) is 9.50. The van der Waals surface area contributed by atoms with Crippen molar-refractivity contribution < 1.29 is 18.7 Å². The van der Waals surface area contributed by atoms with Gasteiger partial charge in [-0.3, -0.25) is 9.59 Å². The van der Waals surface area contributed by atoms with Crippen LogP contribution in [0.2, 0.25) is 0 Å². The number of morpholine rings is 1. The van der Waals surface area contributed by atoms with Gasteiger partial charge in [-0.2, -0.15) is 0 Å². The van der Waals surface area contributed by atoms with E-state index in [1.54, 1.807) is 41.8 Å². The van der Waals surface area contributed by atoms with Crippen LogP contribution in [-0.4, -0.2) is 57.4 Å². The number of carbonyl (C=O) groups excluding carboxylic acids is 2. The maximum absolute atomic E-state index is 12.8. The van der Waals surface area contributed by atoms with Gasteiger partial charge in [-0.1, -0.05) is 24.3 Å². The lowest BCUT2D eigenvalue weighted by molar-refractivity contribution is -0.120. The molecule has 1 fully saturated rings. The zero-order chi connectivity index (χ0) is 27.3. The summed E-state index contributed by atoms with van der Waals surface area (Å²) in [5.74, 6) is 1.18. The van der Waals surface area contributed by atoms with E-state index in [0.29, 0.717) is 50.0 Å². The van der Waals surface area contributed by atoms with Crippen molar-refractivity contribution >= 4 is 29.0 Å². The first kappa shape index (κ1) is 25.3. The van der Waals surface area contributed by atoms with E-state index in [1.165, 1.54) is 0 Å². The van der Waals surface area contributed by atoms with Gasteiger partial charge in [-0.15, -0.1) is 0 Å². The minimum absolute atomic E-state index is 0.0467. The van der Waals surface area contributed by atoms with Crippen LogP contribution < -0.4 is 10.6 Å². The van der Waals surface area contributed by atoms with Crippen molar-refractivity contribution in [1.29, 1.82) is 0 Å². The van der Waals surface area contributed by atoms with Gasteiger partial charge in [-0.25, -0.2) is 9.97 Å². The number of amides is 2. The lowest BCUT2D eigenvalue weighted by atomic mass is 10.0. The van der Waals surface area contributed by atoms with Crippen molar-refractivity contribution in [2.24, 2.45) is 0 Å².